The van der Waals surface area contributed by atoms with Gasteiger partial charge in [-0.2, -0.15) is 0 Å². The maximum atomic E-state index is 12.6. The molecule has 6 nitrogen and oxygen atoms in total. The maximum Gasteiger partial charge on any atom is 0.229 e. The van der Waals surface area contributed by atoms with Gasteiger partial charge in [0.15, 0.2) is 5.75 Å². The molecule has 0 aromatic heterocycles. The summed E-state index contributed by atoms with van der Waals surface area (Å²) in [4.78, 5) is 26.2. The van der Waals surface area contributed by atoms with Crippen LogP contribution in [-0.4, -0.2) is 36.9 Å². The molecular weight excluding hydrogens is 368 g/mol. The van der Waals surface area contributed by atoms with Crippen LogP contribution < -0.4 is 14.8 Å². The lowest BCUT2D eigenvalue weighted by molar-refractivity contribution is -0.128. The molecule has 27 heavy (non-hydrogen) atoms. The van der Waals surface area contributed by atoms with Crippen molar-refractivity contribution >= 4 is 29.1 Å². The van der Waals surface area contributed by atoms with Gasteiger partial charge in [0, 0.05) is 24.5 Å². The molecule has 1 heterocycles. The van der Waals surface area contributed by atoms with Crippen molar-refractivity contribution in [2.24, 2.45) is 5.92 Å². The second-order valence-electron chi connectivity index (χ2n) is 6.24. The maximum absolute atomic E-state index is 12.6. The number of rotatable bonds is 6. The topological polar surface area (TPSA) is 67.9 Å². The minimum Gasteiger partial charge on any atom is -0.497 e. The van der Waals surface area contributed by atoms with Gasteiger partial charge in [-0.1, -0.05) is 11.6 Å². The molecule has 1 aliphatic heterocycles. The molecule has 1 saturated heterocycles. The molecule has 2 aromatic rings. The lowest BCUT2D eigenvalue weighted by atomic mass is 10.1. The molecule has 7 heteroatoms. The van der Waals surface area contributed by atoms with Gasteiger partial charge in [0.1, 0.15) is 11.5 Å². The van der Waals surface area contributed by atoms with Crippen molar-refractivity contribution < 1.29 is 19.1 Å². The summed E-state index contributed by atoms with van der Waals surface area (Å²) in [6.07, 6.45) is 0.217. The van der Waals surface area contributed by atoms with Crippen LogP contribution in [0.1, 0.15) is 13.3 Å². The van der Waals surface area contributed by atoms with Crippen molar-refractivity contribution in [1.29, 1.82) is 0 Å². The highest BCUT2D eigenvalue weighted by Crippen LogP contribution is 2.33. The van der Waals surface area contributed by atoms with Crippen molar-refractivity contribution in [2.45, 2.75) is 13.3 Å². The van der Waals surface area contributed by atoms with Crippen LogP contribution >= 0.6 is 11.6 Å². The van der Waals surface area contributed by atoms with Gasteiger partial charge in [-0.25, -0.2) is 0 Å². The van der Waals surface area contributed by atoms with Crippen LogP contribution in [0.5, 0.6) is 17.2 Å². The Morgan fingerprint density at radius 1 is 1.22 bits per heavy atom. The summed E-state index contributed by atoms with van der Waals surface area (Å²) >= 11 is 6.09. The second kappa shape index (κ2) is 8.31. The van der Waals surface area contributed by atoms with Crippen LogP contribution in [0.2, 0.25) is 5.02 Å². The van der Waals surface area contributed by atoms with Crippen LogP contribution in [0.15, 0.2) is 42.5 Å². The molecule has 0 saturated carbocycles. The smallest absolute Gasteiger partial charge is 0.229 e. The molecule has 1 atom stereocenters. The zero-order valence-electron chi connectivity index (χ0n) is 15.2. The first kappa shape index (κ1) is 19.0. The largest absolute Gasteiger partial charge is 0.497 e. The van der Waals surface area contributed by atoms with Gasteiger partial charge >= 0.3 is 0 Å². The van der Waals surface area contributed by atoms with Crippen LogP contribution in [0.4, 0.5) is 5.69 Å². The minimum absolute atomic E-state index is 0.00143. The highest BCUT2D eigenvalue weighted by Gasteiger charge is 2.33. The van der Waals surface area contributed by atoms with Gasteiger partial charge in [-0.15, -0.1) is 0 Å². The lowest BCUT2D eigenvalue weighted by Crippen LogP contribution is -2.28. The Bertz CT molecular complexity index is 838. The van der Waals surface area contributed by atoms with Crippen LogP contribution in [0.3, 0.4) is 0 Å². The van der Waals surface area contributed by atoms with E-state index in [1.54, 1.807) is 54.5 Å². The van der Waals surface area contributed by atoms with E-state index in [4.69, 9.17) is 21.1 Å². The standard InChI is InChI=1S/C20H21ClN2O4/c1-3-23-12-13(10-19(23)24)20(25)22-17-11-14(21)4-9-18(17)27-16-7-5-15(26-2)6-8-16/h4-9,11,13H,3,10,12H2,1-2H3,(H,22,25). The number of likely N-dealkylation sites (tertiary alicyclic amines) is 1. The van der Waals surface area contributed by atoms with Gasteiger partial charge in [-0.05, 0) is 49.4 Å². The number of carbonyl (C=O) groups excluding carboxylic acids is 2. The zero-order chi connectivity index (χ0) is 19.4. The quantitative estimate of drug-likeness (QED) is 0.813. The first-order chi connectivity index (χ1) is 13.0. The second-order valence-corrected chi connectivity index (χ2v) is 6.68. The Morgan fingerprint density at radius 2 is 1.93 bits per heavy atom. The number of ether oxygens (including phenoxy) is 2. The Kier molecular flexibility index (Phi) is 5.86. The highest BCUT2D eigenvalue weighted by atomic mass is 35.5. The lowest BCUT2D eigenvalue weighted by Gasteiger charge is -2.16. The van der Waals surface area contributed by atoms with E-state index in [-0.39, 0.29) is 24.2 Å². The molecule has 0 radical (unpaired) electrons. The fourth-order valence-corrected chi connectivity index (χ4v) is 3.12. The van der Waals surface area contributed by atoms with Crippen LogP contribution in [0, 0.1) is 5.92 Å². The number of benzene rings is 2. The Hall–Kier alpha value is -2.73. The Balaban J connectivity index is 1.75. The molecule has 2 amide bonds. The van der Waals surface area contributed by atoms with Gasteiger partial charge < -0.3 is 19.7 Å². The number of halogens is 1. The first-order valence-electron chi connectivity index (χ1n) is 8.70. The minimum atomic E-state index is -0.384. The summed E-state index contributed by atoms with van der Waals surface area (Å²) in [5.74, 6) is 1.18. The number of carbonyl (C=O) groups is 2. The van der Waals surface area contributed by atoms with Gasteiger partial charge in [-0.3, -0.25) is 9.59 Å². The van der Waals surface area contributed by atoms with Gasteiger partial charge in [0.25, 0.3) is 0 Å². The molecule has 0 aliphatic carbocycles. The van der Waals surface area contributed by atoms with Gasteiger partial charge in [0.2, 0.25) is 11.8 Å². The molecule has 0 bridgehead atoms. The van der Waals surface area contributed by atoms with Crippen molar-refractivity contribution in [1.82, 2.24) is 4.90 Å². The zero-order valence-corrected chi connectivity index (χ0v) is 16.0. The number of amides is 2. The third-order valence-corrected chi connectivity index (χ3v) is 4.69. The Labute approximate surface area is 163 Å². The molecule has 142 valence electrons. The average Bonchev–Trinajstić information content (AvgIpc) is 3.05. The summed E-state index contributed by atoms with van der Waals surface area (Å²) in [5, 5.41) is 3.33. The van der Waals surface area contributed by atoms with E-state index in [0.29, 0.717) is 35.3 Å². The van der Waals surface area contributed by atoms with Crippen LogP contribution in [0.25, 0.3) is 0 Å². The van der Waals surface area contributed by atoms with E-state index < -0.39 is 0 Å². The number of nitrogens with one attached hydrogen (secondary N) is 1. The average molecular weight is 389 g/mol. The fourth-order valence-electron chi connectivity index (χ4n) is 2.95. The van der Waals surface area contributed by atoms with E-state index in [0.717, 1.165) is 5.75 Å². The third kappa shape index (κ3) is 4.52. The molecule has 1 N–H and O–H groups in total. The van der Waals surface area contributed by atoms with E-state index in [9.17, 15) is 9.59 Å². The van der Waals surface area contributed by atoms with Gasteiger partial charge in [0.05, 0.1) is 18.7 Å². The SMILES string of the molecule is CCN1CC(C(=O)Nc2cc(Cl)ccc2Oc2ccc(OC)cc2)CC1=O. The molecule has 0 spiro atoms. The molecule has 1 unspecified atom stereocenters. The predicted molar refractivity (Wildman–Crippen MR) is 104 cm³/mol. The number of nitrogens with zero attached hydrogens (tertiary/aromatic N) is 1. The normalized spacial score (nSPS) is 16.3. The van der Waals surface area contributed by atoms with E-state index in [1.807, 2.05) is 6.92 Å². The predicted octanol–water partition coefficient (Wildman–Crippen LogP) is 3.95. The van der Waals surface area contributed by atoms with Crippen molar-refractivity contribution in [3.63, 3.8) is 0 Å². The highest BCUT2D eigenvalue weighted by molar-refractivity contribution is 6.31. The molecular formula is C20H21ClN2O4. The monoisotopic (exact) mass is 388 g/mol. The third-order valence-electron chi connectivity index (χ3n) is 4.45. The molecule has 2 aromatic carbocycles. The van der Waals surface area contributed by atoms with Crippen LogP contribution in [-0.2, 0) is 9.59 Å². The summed E-state index contributed by atoms with van der Waals surface area (Å²) < 4.78 is 11.0. The summed E-state index contributed by atoms with van der Waals surface area (Å²) in [6.45, 7) is 2.93. The molecule has 1 aliphatic rings. The molecule has 1 fully saturated rings. The van der Waals surface area contributed by atoms with E-state index in [2.05, 4.69) is 5.32 Å². The number of hydrogen-bond acceptors (Lipinski definition) is 4. The van der Waals surface area contributed by atoms with Crippen molar-refractivity contribution in [2.75, 3.05) is 25.5 Å². The first-order valence-corrected chi connectivity index (χ1v) is 9.08. The number of methoxy groups -OCH3 is 1. The summed E-state index contributed by atoms with van der Waals surface area (Å²) in [6, 6.07) is 12.1. The van der Waals surface area contributed by atoms with E-state index >= 15 is 0 Å². The summed E-state index contributed by atoms with van der Waals surface area (Å²) in [5.41, 5.74) is 0.464. The van der Waals surface area contributed by atoms with Crippen molar-refractivity contribution in [3.05, 3.63) is 47.5 Å². The Morgan fingerprint density at radius 3 is 2.56 bits per heavy atom. The number of hydrogen-bond donors (Lipinski definition) is 1. The number of anilines is 1. The summed E-state index contributed by atoms with van der Waals surface area (Å²) in [7, 11) is 1.59. The molecule has 3 rings (SSSR count). The van der Waals surface area contributed by atoms with E-state index in [1.165, 1.54) is 0 Å². The van der Waals surface area contributed by atoms with Crippen molar-refractivity contribution in [3.8, 4) is 17.2 Å². The fraction of sp³-hybridized carbons (Fsp3) is 0.300.